The maximum absolute atomic E-state index is 5.96. The van der Waals surface area contributed by atoms with Gasteiger partial charge < -0.3 is 15.8 Å². The van der Waals surface area contributed by atoms with Gasteiger partial charge in [-0.1, -0.05) is 20.3 Å². The predicted octanol–water partition coefficient (Wildman–Crippen LogP) is 1.52. The topological polar surface area (TPSA) is 47.3 Å². The molecule has 2 rings (SSSR count). The molecule has 0 aromatic carbocycles. The molecule has 0 spiro atoms. The fourth-order valence-corrected chi connectivity index (χ4v) is 2.52. The first-order chi connectivity index (χ1) is 7.36. The van der Waals surface area contributed by atoms with Crippen LogP contribution in [0.1, 0.15) is 39.5 Å². The van der Waals surface area contributed by atoms with Crippen molar-refractivity contribution < 1.29 is 4.74 Å². The zero-order chi connectivity index (χ0) is 11.1. The normalized spacial score (nSPS) is 36.6. The molecule has 2 aliphatic rings. The predicted molar refractivity (Wildman–Crippen MR) is 63.9 cm³/mol. The van der Waals surface area contributed by atoms with Crippen LogP contribution < -0.4 is 11.1 Å². The SMILES string of the molecule is CC.NC1CCC[C@@H](C2COCCN2)C1. The molecular weight excluding hydrogens is 188 g/mol. The van der Waals surface area contributed by atoms with Crippen molar-refractivity contribution in [1.82, 2.24) is 5.32 Å². The Kier molecular flexibility index (Phi) is 6.22. The van der Waals surface area contributed by atoms with Crippen LogP contribution in [-0.2, 0) is 4.74 Å². The van der Waals surface area contributed by atoms with Crippen molar-refractivity contribution in [3.05, 3.63) is 0 Å². The molecule has 1 aliphatic carbocycles. The molecule has 1 heterocycles. The van der Waals surface area contributed by atoms with E-state index in [2.05, 4.69) is 5.32 Å². The van der Waals surface area contributed by atoms with Crippen LogP contribution in [0.25, 0.3) is 0 Å². The highest BCUT2D eigenvalue weighted by atomic mass is 16.5. The Morgan fingerprint density at radius 3 is 2.67 bits per heavy atom. The Labute approximate surface area is 93.8 Å². The summed E-state index contributed by atoms with van der Waals surface area (Å²) in [5.74, 6) is 0.754. The highest BCUT2D eigenvalue weighted by molar-refractivity contribution is 4.85. The number of hydrogen-bond acceptors (Lipinski definition) is 3. The van der Waals surface area contributed by atoms with Gasteiger partial charge in [-0.25, -0.2) is 0 Å². The Bertz CT molecular complexity index is 158. The van der Waals surface area contributed by atoms with E-state index >= 15 is 0 Å². The highest BCUT2D eigenvalue weighted by Crippen LogP contribution is 2.26. The molecule has 2 unspecified atom stereocenters. The smallest absolute Gasteiger partial charge is 0.0622 e. The maximum Gasteiger partial charge on any atom is 0.0622 e. The third-order valence-corrected chi connectivity index (χ3v) is 3.27. The molecule has 2 fully saturated rings. The lowest BCUT2D eigenvalue weighted by atomic mass is 9.81. The minimum atomic E-state index is 0.433. The van der Waals surface area contributed by atoms with Crippen LogP contribution in [0.3, 0.4) is 0 Å². The Hall–Kier alpha value is -0.120. The lowest BCUT2D eigenvalue weighted by Gasteiger charge is -2.35. The van der Waals surface area contributed by atoms with Gasteiger partial charge in [0, 0.05) is 18.6 Å². The van der Waals surface area contributed by atoms with Crippen LogP contribution >= 0.6 is 0 Å². The standard InChI is InChI=1S/C10H20N2O.C2H6/c11-9-3-1-2-8(6-9)10-7-13-5-4-12-10;1-2/h8-10,12H,1-7,11H2;1-2H3/t8-,9?,10?;/m1./s1. The maximum atomic E-state index is 5.96. The van der Waals surface area contributed by atoms with E-state index in [-0.39, 0.29) is 0 Å². The Morgan fingerprint density at radius 2 is 2.07 bits per heavy atom. The zero-order valence-corrected chi connectivity index (χ0v) is 10.2. The van der Waals surface area contributed by atoms with Gasteiger partial charge in [0.25, 0.3) is 0 Å². The fourth-order valence-electron chi connectivity index (χ4n) is 2.52. The van der Waals surface area contributed by atoms with Crippen LogP contribution in [0.5, 0.6) is 0 Å². The molecule has 3 nitrogen and oxygen atoms in total. The molecule has 0 aromatic heterocycles. The lowest BCUT2D eigenvalue weighted by Crippen LogP contribution is -2.48. The van der Waals surface area contributed by atoms with E-state index in [4.69, 9.17) is 10.5 Å². The highest BCUT2D eigenvalue weighted by Gasteiger charge is 2.27. The quantitative estimate of drug-likeness (QED) is 0.695. The van der Waals surface area contributed by atoms with Crippen LogP contribution in [-0.4, -0.2) is 31.8 Å². The first-order valence-corrected chi connectivity index (χ1v) is 6.43. The van der Waals surface area contributed by atoms with E-state index in [0.29, 0.717) is 12.1 Å². The number of ether oxygens (including phenoxy) is 1. The fraction of sp³-hybridized carbons (Fsp3) is 1.00. The molecule has 3 heteroatoms. The molecule has 1 saturated carbocycles. The summed E-state index contributed by atoms with van der Waals surface area (Å²) in [5.41, 5.74) is 5.96. The van der Waals surface area contributed by atoms with E-state index in [9.17, 15) is 0 Å². The average Bonchev–Trinajstić information content (AvgIpc) is 2.33. The van der Waals surface area contributed by atoms with Gasteiger partial charge in [0.15, 0.2) is 0 Å². The van der Waals surface area contributed by atoms with Gasteiger partial charge in [0.05, 0.1) is 13.2 Å². The summed E-state index contributed by atoms with van der Waals surface area (Å²) in [5, 5.41) is 3.53. The van der Waals surface area contributed by atoms with Crippen molar-refractivity contribution in [1.29, 1.82) is 0 Å². The van der Waals surface area contributed by atoms with Crippen molar-refractivity contribution >= 4 is 0 Å². The Balaban J connectivity index is 0.000000531. The summed E-state index contributed by atoms with van der Waals surface area (Å²) in [6.45, 7) is 6.77. The second kappa shape index (κ2) is 7.20. The summed E-state index contributed by atoms with van der Waals surface area (Å²) in [4.78, 5) is 0. The van der Waals surface area contributed by atoms with Crippen LogP contribution in [0, 0.1) is 5.92 Å². The zero-order valence-electron chi connectivity index (χ0n) is 10.2. The van der Waals surface area contributed by atoms with Gasteiger partial charge in [-0.3, -0.25) is 0 Å². The largest absolute Gasteiger partial charge is 0.379 e. The molecule has 0 bridgehead atoms. The van der Waals surface area contributed by atoms with Crippen molar-refractivity contribution in [2.24, 2.45) is 11.7 Å². The Morgan fingerprint density at radius 1 is 1.27 bits per heavy atom. The number of rotatable bonds is 1. The van der Waals surface area contributed by atoms with E-state index in [0.717, 1.165) is 25.7 Å². The minimum Gasteiger partial charge on any atom is -0.379 e. The third-order valence-electron chi connectivity index (χ3n) is 3.27. The van der Waals surface area contributed by atoms with E-state index < -0.39 is 0 Å². The molecule has 1 aliphatic heterocycles. The van der Waals surface area contributed by atoms with E-state index in [1.54, 1.807) is 0 Å². The molecule has 3 atom stereocenters. The molecule has 15 heavy (non-hydrogen) atoms. The average molecular weight is 214 g/mol. The molecule has 0 aromatic rings. The third kappa shape index (κ3) is 4.09. The minimum absolute atomic E-state index is 0.433. The van der Waals surface area contributed by atoms with Gasteiger partial charge in [-0.2, -0.15) is 0 Å². The summed E-state index contributed by atoms with van der Waals surface area (Å²) in [6, 6.07) is 1.00. The van der Waals surface area contributed by atoms with Crippen LogP contribution in [0.2, 0.25) is 0 Å². The molecule has 0 radical (unpaired) electrons. The van der Waals surface area contributed by atoms with Crippen molar-refractivity contribution in [2.75, 3.05) is 19.8 Å². The number of nitrogens with two attached hydrogens (primary N) is 1. The summed E-state index contributed by atoms with van der Waals surface area (Å²) in [7, 11) is 0. The van der Waals surface area contributed by atoms with Gasteiger partial charge in [0.2, 0.25) is 0 Å². The first-order valence-electron chi connectivity index (χ1n) is 6.43. The number of morpholine rings is 1. The number of hydrogen-bond donors (Lipinski definition) is 2. The molecule has 0 amide bonds. The van der Waals surface area contributed by atoms with Gasteiger partial charge in [-0.15, -0.1) is 0 Å². The van der Waals surface area contributed by atoms with Crippen molar-refractivity contribution in [3.8, 4) is 0 Å². The second-order valence-electron chi connectivity index (χ2n) is 4.32. The second-order valence-corrected chi connectivity index (χ2v) is 4.32. The summed E-state index contributed by atoms with van der Waals surface area (Å²) < 4.78 is 5.47. The van der Waals surface area contributed by atoms with E-state index in [1.165, 1.54) is 25.7 Å². The first kappa shape index (κ1) is 12.9. The van der Waals surface area contributed by atoms with Gasteiger partial charge in [0.1, 0.15) is 0 Å². The van der Waals surface area contributed by atoms with Crippen molar-refractivity contribution in [3.63, 3.8) is 0 Å². The lowest BCUT2D eigenvalue weighted by molar-refractivity contribution is 0.0472. The molecule has 90 valence electrons. The summed E-state index contributed by atoms with van der Waals surface area (Å²) in [6.07, 6.45) is 5.02. The van der Waals surface area contributed by atoms with Crippen LogP contribution in [0.15, 0.2) is 0 Å². The van der Waals surface area contributed by atoms with Crippen molar-refractivity contribution in [2.45, 2.75) is 51.6 Å². The molecular formula is C12H26N2O. The van der Waals surface area contributed by atoms with Gasteiger partial charge in [-0.05, 0) is 25.2 Å². The monoisotopic (exact) mass is 214 g/mol. The molecule has 1 saturated heterocycles. The summed E-state index contributed by atoms with van der Waals surface area (Å²) >= 11 is 0. The molecule has 3 N–H and O–H groups in total. The van der Waals surface area contributed by atoms with Crippen LogP contribution in [0.4, 0.5) is 0 Å². The number of nitrogens with one attached hydrogen (secondary N) is 1. The van der Waals surface area contributed by atoms with Gasteiger partial charge >= 0.3 is 0 Å². The van der Waals surface area contributed by atoms with E-state index in [1.807, 2.05) is 13.8 Å².